The second-order valence-electron chi connectivity index (χ2n) is 4.96. The largest absolute Gasteiger partial charge is 0.337 e. The number of hydrogen-bond acceptors (Lipinski definition) is 3. The van der Waals surface area contributed by atoms with Crippen LogP contribution in [0.4, 0.5) is 0 Å². The number of benzene rings is 2. The number of rotatable bonds is 1. The summed E-state index contributed by atoms with van der Waals surface area (Å²) in [6, 6.07) is 15.4. The maximum Gasteiger partial charge on any atom is 0.138 e. The van der Waals surface area contributed by atoms with Crippen molar-refractivity contribution in [2.75, 3.05) is 0 Å². The Balaban J connectivity index is 1.93. The fraction of sp³-hybridized carbons (Fsp3) is 0. The van der Waals surface area contributed by atoms with E-state index in [0.717, 1.165) is 37.8 Å². The molecular formula is C17H9BrN4. The molecule has 4 rings (SSSR count). The molecule has 0 radical (unpaired) electrons. The summed E-state index contributed by atoms with van der Waals surface area (Å²) in [6.45, 7) is 0. The van der Waals surface area contributed by atoms with Crippen LogP contribution in [-0.4, -0.2) is 15.0 Å². The SMILES string of the molecule is N#Cc1ccc(-c2nc3c(cnc4cc(Br)ccc43)[nH]2)cc1. The molecule has 104 valence electrons. The summed E-state index contributed by atoms with van der Waals surface area (Å²) in [6.07, 6.45) is 1.80. The van der Waals surface area contributed by atoms with Gasteiger partial charge in [0.1, 0.15) is 5.82 Å². The molecule has 2 heterocycles. The number of fused-ring (bicyclic) bond motifs is 3. The highest BCUT2D eigenvalue weighted by molar-refractivity contribution is 9.10. The van der Waals surface area contributed by atoms with Crippen LogP contribution < -0.4 is 0 Å². The number of hydrogen-bond donors (Lipinski definition) is 1. The number of imidazole rings is 1. The molecule has 0 aliphatic rings. The fourth-order valence-electron chi connectivity index (χ4n) is 2.47. The Kier molecular flexibility index (Phi) is 2.91. The molecule has 0 spiro atoms. The van der Waals surface area contributed by atoms with Gasteiger partial charge >= 0.3 is 0 Å². The summed E-state index contributed by atoms with van der Waals surface area (Å²) in [4.78, 5) is 12.5. The highest BCUT2D eigenvalue weighted by Crippen LogP contribution is 2.27. The van der Waals surface area contributed by atoms with Gasteiger partial charge in [-0.3, -0.25) is 4.98 Å². The number of aromatic amines is 1. The molecule has 0 unspecified atom stereocenters. The molecule has 2 aromatic carbocycles. The monoisotopic (exact) mass is 348 g/mol. The molecule has 0 aliphatic carbocycles. The predicted octanol–water partition coefficient (Wildman–Crippen LogP) is 4.41. The second-order valence-corrected chi connectivity index (χ2v) is 5.87. The zero-order chi connectivity index (χ0) is 15.1. The van der Waals surface area contributed by atoms with Gasteiger partial charge in [-0.05, 0) is 42.5 Å². The molecule has 0 saturated carbocycles. The average molecular weight is 349 g/mol. The van der Waals surface area contributed by atoms with E-state index in [0.29, 0.717) is 5.56 Å². The molecule has 4 nitrogen and oxygen atoms in total. The van der Waals surface area contributed by atoms with E-state index in [1.165, 1.54) is 0 Å². The Bertz CT molecular complexity index is 1040. The van der Waals surface area contributed by atoms with E-state index in [1.807, 2.05) is 30.3 Å². The van der Waals surface area contributed by atoms with Crippen LogP contribution in [0.3, 0.4) is 0 Å². The van der Waals surface area contributed by atoms with Crippen molar-refractivity contribution in [1.82, 2.24) is 15.0 Å². The molecule has 4 aromatic rings. The zero-order valence-electron chi connectivity index (χ0n) is 11.3. The zero-order valence-corrected chi connectivity index (χ0v) is 12.9. The Morgan fingerprint density at radius 2 is 1.91 bits per heavy atom. The van der Waals surface area contributed by atoms with Crippen molar-refractivity contribution in [3.8, 4) is 17.5 Å². The molecular weight excluding hydrogens is 340 g/mol. The van der Waals surface area contributed by atoms with Gasteiger partial charge in [0, 0.05) is 15.4 Å². The third-order valence-corrected chi connectivity index (χ3v) is 4.06. The van der Waals surface area contributed by atoms with Crippen molar-refractivity contribution in [3.63, 3.8) is 0 Å². The van der Waals surface area contributed by atoms with Gasteiger partial charge < -0.3 is 4.98 Å². The van der Waals surface area contributed by atoms with Crippen molar-refractivity contribution < 1.29 is 0 Å². The molecule has 0 saturated heterocycles. The van der Waals surface area contributed by atoms with Gasteiger partial charge in [0.15, 0.2) is 0 Å². The lowest BCUT2D eigenvalue weighted by Gasteiger charge is -1.97. The lowest BCUT2D eigenvalue weighted by Crippen LogP contribution is -1.81. The first-order valence-electron chi connectivity index (χ1n) is 6.69. The fourth-order valence-corrected chi connectivity index (χ4v) is 2.82. The third kappa shape index (κ3) is 2.05. The summed E-state index contributed by atoms with van der Waals surface area (Å²) in [5.74, 6) is 0.775. The molecule has 0 atom stereocenters. The number of aromatic nitrogens is 3. The van der Waals surface area contributed by atoms with Gasteiger partial charge in [0.2, 0.25) is 0 Å². The standard InChI is InChI=1S/C17H9BrN4/c18-12-5-6-13-14(7-12)20-9-15-16(13)22-17(21-15)11-3-1-10(8-19)2-4-11/h1-7,9H,(H,21,22). The second kappa shape index (κ2) is 4.93. The molecule has 0 amide bonds. The van der Waals surface area contributed by atoms with E-state index in [9.17, 15) is 0 Å². The van der Waals surface area contributed by atoms with Crippen LogP contribution in [-0.2, 0) is 0 Å². The molecule has 0 fully saturated rings. The van der Waals surface area contributed by atoms with Crippen LogP contribution in [0, 0.1) is 11.3 Å². The van der Waals surface area contributed by atoms with Gasteiger partial charge in [-0.15, -0.1) is 0 Å². The Morgan fingerprint density at radius 3 is 2.68 bits per heavy atom. The number of pyridine rings is 1. The molecule has 0 bridgehead atoms. The van der Waals surface area contributed by atoms with Crippen molar-refractivity contribution in [2.45, 2.75) is 0 Å². The maximum absolute atomic E-state index is 8.87. The van der Waals surface area contributed by atoms with Crippen molar-refractivity contribution in [3.05, 3.63) is 58.7 Å². The third-order valence-electron chi connectivity index (χ3n) is 3.57. The van der Waals surface area contributed by atoms with E-state index in [2.05, 4.69) is 32.0 Å². The molecule has 1 N–H and O–H groups in total. The number of nitrogens with zero attached hydrogens (tertiary/aromatic N) is 3. The van der Waals surface area contributed by atoms with Crippen LogP contribution in [0.15, 0.2) is 53.1 Å². The lowest BCUT2D eigenvalue weighted by atomic mass is 10.1. The number of H-pyrrole nitrogens is 1. The summed E-state index contributed by atoms with van der Waals surface area (Å²) in [5.41, 5.74) is 4.28. The molecule has 5 heteroatoms. The van der Waals surface area contributed by atoms with E-state index in [-0.39, 0.29) is 0 Å². The minimum absolute atomic E-state index is 0.636. The lowest BCUT2D eigenvalue weighted by molar-refractivity contribution is 1.33. The minimum atomic E-state index is 0.636. The van der Waals surface area contributed by atoms with E-state index in [1.54, 1.807) is 18.3 Å². The normalized spacial score (nSPS) is 10.9. The summed E-state index contributed by atoms with van der Waals surface area (Å²) >= 11 is 3.46. The Labute approximate surface area is 134 Å². The van der Waals surface area contributed by atoms with Crippen molar-refractivity contribution >= 4 is 37.9 Å². The predicted molar refractivity (Wildman–Crippen MR) is 89.2 cm³/mol. The first-order chi connectivity index (χ1) is 10.7. The summed E-state index contributed by atoms with van der Waals surface area (Å²) in [7, 11) is 0. The average Bonchev–Trinajstić information content (AvgIpc) is 2.99. The van der Waals surface area contributed by atoms with Crippen LogP contribution in [0.2, 0.25) is 0 Å². The van der Waals surface area contributed by atoms with E-state index < -0.39 is 0 Å². The Hall–Kier alpha value is -2.71. The first-order valence-corrected chi connectivity index (χ1v) is 7.48. The Morgan fingerprint density at radius 1 is 1.09 bits per heavy atom. The highest BCUT2D eigenvalue weighted by atomic mass is 79.9. The maximum atomic E-state index is 8.87. The number of nitriles is 1. The smallest absolute Gasteiger partial charge is 0.138 e. The van der Waals surface area contributed by atoms with Crippen LogP contribution in [0.1, 0.15) is 5.56 Å². The van der Waals surface area contributed by atoms with Crippen LogP contribution >= 0.6 is 15.9 Å². The quantitative estimate of drug-likeness (QED) is 0.553. The topological polar surface area (TPSA) is 65.4 Å². The van der Waals surface area contributed by atoms with Crippen molar-refractivity contribution in [1.29, 1.82) is 5.26 Å². The van der Waals surface area contributed by atoms with Gasteiger partial charge in [-0.2, -0.15) is 5.26 Å². The van der Waals surface area contributed by atoms with Crippen LogP contribution in [0.5, 0.6) is 0 Å². The first kappa shape index (κ1) is 13.0. The van der Waals surface area contributed by atoms with Gasteiger partial charge in [0.25, 0.3) is 0 Å². The molecule has 22 heavy (non-hydrogen) atoms. The molecule has 0 aliphatic heterocycles. The number of nitrogens with one attached hydrogen (secondary N) is 1. The number of halogens is 1. The summed E-state index contributed by atoms with van der Waals surface area (Å²) < 4.78 is 0.995. The van der Waals surface area contributed by atoms with Gasteiger partial charge in [-0.25, -0.2) is 4.98 Å². The van der Waals surface area contributed by atoms with Crippen LogP contribution in [0.25, 0.3) is 33.3 Å². The van der Waals surface area contributed by atoms with Gasteiger partial charge in [-0.1, -0.05) is 15.9 Å². The van der Waals surface area contributed by atoms with Crippen molar-refractivity contribution in [2.24, 2.45) is 0 Å². The molecule has 2 aromatic heterocycles. The van der Waals surface area contributed by atoms with E-state index >= 15 is 0 Å². The van der Waals surface area contributed by atoms with E-state index in [4.69, 9.17) is 10.2 Å². The minimum Gasteiger partial charge on any atom is -0.337 e. The van der Waals surface area contributed by atoms with Gasteiger partial charge in [0.05, 0.1) is 34.4 Å². The summed E-state index contributed by atoms with van der Waals surface area (Å²) in [5, 5.41) is 9.88. The highest BCUT2D eigenvalue weighted by Gasteiger charge is 2.09.